The largest absolute Gasteiger partial charge is 0.352 e. The van der Waals surface area contributed by atoms with Gasteiger partial charge in [0.1, 0.15) is 0 Å². The maximum absolute atomic E-state index is 11.0. The second-order valence-corrected chi connectivity index (χ2v) is 3.42. The monoisotopic (exact) mass is 156 g/mol. The van der Waals surface area contributed by atoms with E-state index in [0.717, 1.165) is 0 Å². The van der Waals surface area contributed by atoms with Crippen LogP contribution in [0.4, 0.5) is 0 Å². The summed E-state index contributed by atoms with van der Waals surface area (Å²) in [5.41, 5.74) is 5.39. The van der Waals surface area contributed by atoms with Crippen LogP contribution in [0.5, 0.6) is 0 Å². The van der Waals surface area contributed by atoms with Crippen molar-refractivity contribution in [2.24, 2.45) is 11.7 Å². The first kappa shape index (κ1) is 8.53. The second kappa shape index (κ2) is 3.22. The lowest BCUT2D eigenvalue weighted by Gasteiger charge is -2.14. The molecule has 2 atom stereocenters. The van der Waals surface area contributed by atoms with Crippen molar-refractivity contribution in [1.82, 2.24) is 5.32 Å². The maximum atomic E-state index is 11.0. The van der Waals surface area contributed by atoms with Crippen molar-refractivity contribution < 1.29 is 4.79 Å². The molecule has 0 aromatic carbocycles. The van der Waals surface area contributed by atoms with Crippen molar-refractivity contribution in [3.05, 3.63) is 0 Å². The van der Waals surface area contributed by atoms with E-state index in [2.05, 4.69) is 5.32 Å². The quantitative estimate of drug-likeness (QED) is 0.615. The molecule has 1 aliphatic carbocycles. The zero-order chi connectivity index (χ0) is 8.43. The Bertz CT molecular complexity index is 152. The van der Waals surface area contributed by atoms with Crippen molar-refractivity contribution >= 4 is 5.91 Å². The van der Waals surface area contributed by atoms with Gasteiger partial charge in [-0.2, -0.15) is 0 Å². The molecular formula is C8H16N2O. The molecule has 1 saturated carbocycles. The molecule has 0 aromatic rings. The number of carbonyl (C=O) groups excluding carboxylic acids is 1. The lowest BCUT2D eigenvalue weighted by Crippen LogP contribution is -2.43. The Kier molecular flexibility index (Phi) is 2.49. The summed E-state index contributed by atoms with van der Waals surface area (Å²) in [6.45, 7) is 3.74. The van der Waals surface area contributed by atoms with Gasteiger partial charge in [-0.05, 0) is 32.6 Å². The Morgan fingerprint density at radius 3 is 2.45 bits per heavy atom. The summed E-state index contributed by atoms with van der Waals surface area (Å²) in [6.07, 6.45) is 2.50. The van der Waals surface area contributed by atoms with Gasteiger partial charge in [-0.1, -0.05) is 0 Å². The fourth-order valence-electron chi connectivity index (χ4n) is 1.07. The molecule has 1 rings (SSSR count). The average Bonchev–Trinajstić information content (AvgIpc) is 2.67. The fraction of sp³-hybridized carbons (Fsp3) is 0.875. The van der Waals surface area contributed by atoms with Crippen LogP contribution in [0.25, 0.3) is 0 Å². The predicted octanol–water partition coefficient (Wildman–Crippen LogP) is 0.248. The number of hydrogen-bond donors (Lipinski definition) is 2. The molecule has 1 fully saturated rings. The molecule has 3 heteroatoms. The molecular weight excluding hydrogens is 140 g/mol. The molecule has 0 heterocycles. The van der Waals surface area contributed by atoms with E-state index < -0.39 is 0 Å². The molecule has 1 aliphatic rings. The Morgan fingerprint density at radius 2 is 2.09 bits per heavy atom. The normalized spacial score (nSPS) is 22.5. The zero-order valence-corrected chi connectivity index (χ0v) is 7.13. The van der Waals surface area contributed by atoms with Gasteiger partial charge in [0.25, 0.3) is 0 Å². The number of nitrogens with two attached hydrogens (primary N) is 1. The van der Waals surface area contributed by atoms with E-state index in [1.807, 2.05) is 6.92 Å². The molecule has 3 nitrogen and oxygen atoms in total. The summed E-state index contributed by atoms with van der Waals surface area (Å²) in [5.74, 6) is 0.669. The highest BCUT2D eigenvalue weighted by Gasteiger charge is 2.29. The smallest absolute Gasteiger partial charge is 0.236 e. The van der Waals surface area contributed by atoms with Crippen LogP contribution in [0.15, 0.2) is 0 Å². The van der Waals surface area contributed by atoms with Crippen molar-refractivity contribution in [1.29, 1.82) is 0 Å². The molecule has 1 unspecified atom stereocenters. The van der Waals surface area contributed by atoms with E-state index >= 15 is 0 Å². The number of rotatable bonds is 3. The lowest BCUT2D eigenvalue weighted by atomic mass is 10.2. The first-order chi connectivity index (χ1) is 5.11. The van der Waals surface area contributed by atoms with Crippen LogP contribution in [-0.2, 0) is 4.79 Å². The summed E-state index contributed by atoms with van der Waals surface area (Å²) < 4.78 is 0. The zero-order valence-electron chi connectivity index (χ0n) is 7.13. The Balaban J connectivity index is 2.23. The summed E-state index contributed by atoms with van der Waals surface area (Å²) in [6, 6.07) is -0.0651. The molecule has 0 aromatic heterocycles. The summed E-state index contributed by atoms with van der Waals surface area (Å²) in [7, 11) is 0. The van der Waals surface area contributed by atoms with Crippen LogP contribution < -0.4 is 11.1 Å². The van der Waals surface area contributed by atoms with E-state index in [1.165, 1.54) is 12.8 Å². The molecule has 0 saturated heterocycles. The Morgan fingerprint density at radius 1 is 1.55 bits per heavy atom. The van der Waals surface area contributed by atoms with Gasteiger partial charge >= 0.3 is 0 Å². The van der Waals surface area contributed by atoms with E-state index in [9.17, 15) is 4.79 Å². The molecule has 1 amide bonds. The predicted molar refractivity (Wildman–Crippen MR) is 44.0 cm³/mol. The standard InChI is InChI=1S/C8H16N2O/c1-5(9)8(11)10-6(2)7-3-4-7/h5-7H,3-4,9H2,1-2H3,(H,10,11)/t5-,6?/m0/s1. The summed E-state index contributed by atoms with van der Waals surface area (Å²) >= 11 is 0. The van der Waals surface area contributed by atoms with Crippen molar-refractivity contribution in [2.45, 2.75) is 38.8 Å². The third-order valence-electron chi connectivity index (χ3n) is 2.11. The van der Waals surface area contributed by atoms with Crippen molar-refractivity contribution in [3.63, 3.8) is 0 Å². The number of carbonyl (C=O) groups is 1. The van der Waals surface area contributed by atoms with Crippen LogP contribution in [0.1, 0.15) is 26.7 Å². The van der Waals surface area contributed by atoms with Crippen LogP contribution in [0.2, 0.25) is 0 Å². The minimum atomic E-state index is -0.379. The van der Waals surface area contributed by atoms with Gasteiger partial charge in [-0.25, -0.2) is 0 Å². The highest BCUT2D eigenvalue weighted by atomic mass is 16.2. The molecule has 3 N–H and O–H groups in total. The number of nitrogens with one attached hydrogen (secondary N) is 1. The molecule has 0 radical (unpaired) electrons. The summed E-state index contributed by atoms with van der Waals surface area (Å²) in [5, 5.41) is 2.88. The van der Waals surface area contributed by atoms with Gasteiger partial charge in [0.2, 0.25) is 5.91 Å². The number of amides is 1. The van der Waals surface area contributed by atoms with Crippen LogP contribution in [-0.4, -0.2) is 18.0 Å². The van der Waals surface area contributed by atoms with Gasteiger partial charge < -0.3 is 11.1 Å². The van der Waals surface area contributed by atoms with Gasteiger partial charge in [-0.15, -0.1) is 0 Å². The van der Waals surface area contributed by atoms with Crippen LogP contribution in [0.3, 0.4) is 0 Å². The highest BCUT2D eigenvalue weighted by molar-refractivity contribution is 5.81. The van der Waals surface area contributed by atoms with E-state index in [-0.39, 0.29) is 11.9 Å². The highest BCUT2D eigenvalue weighted by Crippen LogP contribution is 2.32. The summed E-state index contributed by atoms with van der Waals surface area (Å²) in [4.78, 5) is 11.0. The molecule has 11 heavy (non-hydrogen) atoms. The van der Waals surface area contributed by atoms with Crippen LogP contribution >= 0.6 is 0 Å². The van der Waals surface area contributed by atoms with E-state index in [0.29, 0.717) is 12.0 Å². The molecule has 64 valence electrons. The SMILES string of the molecule is CC(NC(=O)[C@H](C)N)C1CC1. The maximum Gasteiger partial charge on any atom is 0.236 e. The average molecular weight is 156 g/mol. The molecule has 0 bridgehead atoms. The second-order valence-electron chi connectivity index (χ2n) is 3.42. The van der Waals surface area contributed by atoms with Gasteiger partial charge in [-0.3, -0.25) is 4.79 Å². The Labute approximate surface area is 67.3 Å². The fourth-order valence-corrected chi connectivity index (χ4v) is 1.07. The molecule has 0 spiro atoms. The van der Waals surface area contributed by atoms with Gasteiger partial charge in [0.15, 0.2) is 0 Å². The van der Waals surface area contributed by atoms with Crippen molar-refractivity contribution in [2.75, 3.05) is 0 Å². The van der Waals surface area contributed by atoms with E-state index in [1.54, 1.807) is 6.92 Å². The van der Waals surface area contributed by atoms with Crippen molar-refractivity contribution in [3.8, 4) is 0 Å². The van der Waals surface area contributed by atoms with Crippen LogP contribution in [0, 0.1) is 5.92 Å². The van der Waals surface area contributed by atoms with Gasteiger partial charge in [0.05, 0.1) is 6.04 Å². The first-order valence-corrected chi connectivity index (χ1v) is 4.17. The number of hydrogen-bond acceptors (Lipinski definition) is 2. The molecule has 0 aliphatic heterocycles. The van der Waals surface area contributed by atoms with E-state index in [4.69, 9.17) is 5.73 Å². The third-order valence-corrected chi connectivity index (χ3v) is 2.11. The lowest BCUT2D eigenvalue weighted by molar-refractivity contribution is -0.122. The third kappa shape index (κ3) is 2.50. The van der Waals surface area contributed by atoms with Gasteiger partial charge in [0, 0.05) is 6.04 Å². The minimum absolute atomic E-state index is 0.0376. The topological polar surface area (TPSA) is 55.1 Å². The Hall–Kier alpha value is -0.570. The minimum Gasteiger partial charge on any atom is -0.352 e. The first-order valence-electron chi connectivity index (χ1n) is 4.17.